The Hall–Kier alpha value is -1.45. The molecule has 1 saturated heterocycles. The van der Waals surface area contributed by atoms with Gasteiger partial charge in [0.2, 0.25) is 5.91 Å². The number of aromatic amines is 1. The van der Waals surface area contributed by atoms with Crippen LogP contribution in [0.3, 0.4) is 0 Å². The highest BCUT2D eigenvalue weighted by atomic mass is 33.1. The standard InChI is InChI=1S/C17H21N3O3S3/c1-23-16(22)13-8-11(9-18-13)14-10-24-17(19-14)20-15(21)5-3-2-4-12-6-7-25-26-12/h8-10,12,18H,2-7H2,1H3,(H,19,20,21). The normalized spacial score (nSPS) is 16.6. The molecule has 140 valence electrons. The summed E-state index contributed by atoms with van der Waals surface area (Å²) in [5.41, 5.74) is 1.88. The van der Waals surface area contributed by atoms with Crippen molar-refractivity contribution in [3.8, 4) is 11.3 Å². The summed E-state index contributed by atoms with van der Waals surface area (Å²) in [6, 6.07) is 1.69. The van der Waals surface area contributed by atoms with E-state index in [1.807, 2.05) is 27.0 Å². The molecule has 0 bridgehead atoms. The molecule has 2 N–H and O–H groups in total. The van der Waals surface area contributed by atoms with Crippen LogP contribution in [-0.4, -0.2) is 40.0 Å². The van der Waals surface area contributed by atoms with E-state index >= 15 is 0 Å². The molecule has 0 aromatic carbocycles. The van der Waals surface area contributed by atoms with Gasteiger partial charge in [0.1, 0.15) is 5.69 Å². The molecule has 1 amide bonds. The topological polar surface area (TPSA) is 84.1 Å². The van der Waals surface area contributed by atoms with Crippen molar-refractivity contribution in [1.29, 1.82) is 0 Å². The molecule has 9 heteroatoms. The Bertz CT molecular complexity index is 753. The zero-order chi connectivity index (χ0) is 18.4. The van der Waals surface area contributed by atoms with Crippen molar-refractivity contribution < 1.29 is 14.3 Å². The van der Waals surface area contributed by atoms with Gasteiger partial charge >= 0.3 is 5.97 Å². The summed E-state index contributed by atoms with van der Waals surface area (Å²) < 4.78 is 4.68. The van der Waals surface area contributed by atoms with E-state index < -0.39 is 5.97 Å². The van der Waals surface area contributed by atoms with E-state index in [0.29, 0.717) is 22.9 Å². The van der Waals surface area contributed by atoms with Crippen LogP contribution in [0.25, 0.3) is 11.3 Å². The number of nitrogens with zero attached hydrogens (tertiary/aromatic N) is 1. The maximum absolute atomic E-state index is 12.1. The largest absolute Gasteiger partial charge is 0.464 e. The zero-order valence-corrected chi connectivity index (χ0v) is 16.9. The summed E-state index contributed by atoms with van der Waals surface area (Å²) in [6.45, 7) is 0. The number of nitrogens with one attached hydrogen (secondary N) is 2. The molecule has 1 unspecified atom stereocenters. The van der Waals surface area contributed by atoms with Crippen LogP contribution < -0.4 is 5.32 Å². The SMILES string of the molecule is COC(=O)c1cc(-c2csc(NC(=O)CCCCC3CCSS3)n2)c[nH]1. The van der Waals surface area contributed by atoms with Gasteiger partial charge in [0.25, 0.3) is 0 Å². The van der Waals surface area contributed by atoms with E-state index in [1.165, 1.54) is 37.0 Å². The summed E-state index contributed by atoms with van der Waals surface area (Å²) in [5.74, 6) is 0.836. The van der Waals surface area contributed by atoms with Gasteiger partial charge in [-0.3, -0.25) is 4.79 Å². The van der Waals surface area contributed by atoms with Crippen LogP contribution >= 0.6 is 32.9 Å². The predicted molar refractivity (Wildman–Crippen MR) is 109 cm³/mol. The smallest absolute Gasteiger partial charge is 0.354 e. The number of amides is 1. The Morgan fingerprint density at radius 3 is 3.08 bits per heavy atom. The molecule has 2 aromatic heterocycles. The number of methoxy groups -OCH3 is 1. The minimum atomic E-state index is -0.422. The van der Waals surface area contributed by atoms with E-state index in [0.717, 1.165) is 23.7 Å². The molecule has 6 nitrogen and oxygen atoms in total. The lowest BCUT2D eigenvalue weighted by molar-refractivity contribution is -0.116. The molecule has 3 heterocycles. The Morgan fingerprint density at radius 1 is 1.42 bits per heavy atom. The Kier molecular flexibility index (Phi) is 7.04. The third-order valence-electron chi connectivity index (χ3n) is 4.04. The lowest BCUT2D eigenvalue weighted by Crippen LogP contribution is -2.11. The number of esters is 1. The molecule has 3 rings (SSSR count). The fraction of sp³-hybridized carbons (Fsp3) is 0.471. The molecule has 1 aliphatic heterocycles. The molecule has 0 saturated carbocycles. The number of aromatic nitrogens is 2. The third kappa shape index (κ3) is 5.28. The van der Waals surface area contributed by atoms with Gasteiger partial charge in [0, 0.05) is 34.6 Å². The van der Waals surface area contributed by atoms with Crippen molar-refractivity contribution in [1.82, 2.24) is 9.97 Å². The second-order valence-electron chi connectivity index (χ2n) is 5.95. The van der Waals surface area contributed by atoms with Crippen molar-refractivity contribution in [3.63, 3.8) is 0 Å². The first-order valence-corrected chi connectivity index (χ1v) is 11.7. The van der Waals surface area contributed by atoms with Crippen molar-refractivity contribution in [2.75, 3.05) is 18.2 Å². The van der Waals surface area contributed by atoms with Crippen LogP contribution in [0.5, 0.6) is 0 Å². The quantitative estimate of drug-likeness (QED) is 0.376. The van der Waals surface area contributed by atoms with Crippen LogP contribution in [-0.2, 0) is 9.53 Å². The molecule has 0 radical (unpaired) electrons. The van der Waals surface area contributed by atoms with Gasteiger partial charge in [0.15, 0.2) is 5.13 Å². The second kappa shape index (κ2) is 9.48. The number of hydrogen-bond donors (Lipinski definition) is 2. The van der Waals surface area contributed by atoms with Crippen LogP contribution in [0.15, 0.2) is 17.6 Å². The molecular weight excluding hydrogens is 390 g/mol. The van der Waals surface area contributed by atoms with E-state index in [1.54, 1.807) is 12.3 Å². The number of rotatable bonds is 8. The Balaban J connectivity index is 1.44. The maximum atomic E-state index is 12.1. The first-order valence-electron chi connectivity index (χ1n) is 8.46. The van der Waals surface area contributed by atoms with Crippen molar-refractivity contribution >= 4 is 49.9 Å². The predicted octanol–water partition coefficient (Wildman–Crippen LogP) is 4.58. The number of H-pyrrole nitrogens is 1. The molecule has 1 fully saturated rings. The van der Waals surface area contributed by atoms with Gasteiger partial charge in [-0.1, -0.05) is 28.0 Å². The van der Waals surface area contributed by atoms with E-state index in [-0.39, 0.29) is 5.91 Å². The lowest BCUT2D eigenvalue weighted by Gasteiger charge is -2.06. The highest BCUT2D eigenvalue weighted by Crippen LogP contribution is 2.39. The summed E-state index contributed by atoms with van der Waals surface area (Å²) in [6.07, 6.45) is 6.71. The average molecular weight is 412 g/mol. The Labute approximate surface area is 164 Å². The molecule has 2 aromatic rings. The molecule has 26 heavy (non-hydrogen) atoms. The molecular formula is C17H21N3O3S3. The highest BCUT2D eigenvalue weighted by Gasteiger charge is 2.16. The molecule has 1 aliphatic rings. The number of carbonyl (C=O) groups excluding carboxylic acids is 2. The number of carbonyl (C=O) groups is 2. The van der Waals surface area contributed by atoms with Gasteiger partial charge in [0.05, 0.1) is 12.8 Å². The maximum Gasteiger partial charge on any atom is 0.354 e. The van der Waals surface area contributed by atoms with Gasteiger partial charge in [-0.2, -0.15) is 0 Å². The minimum Gasteiger partial charge on any atom is -0.464 e. The Morgan fingerprint density at radius 2 is 2.31 bits per heavy atom. The fourth-order valence-electron chi connectivity index (χ4n) is 2.64. The van der Waals surface area contributed by atoms with Gasteiger partial charge < -0.3 is 15.0 Å². The van der Waals surface area contributed by atoms with E-state index in [2.05, 4.69) is 20.0 Å². The zero-order valence-electron chi connectivity index (χ0n) is 14.4. The van der Waals surface area contributed by atoms with Gasteiger partial charge in [-0.15, -0.1) is 11.3 Å². The number of thiazole rings is 1. The summed E-state index contributed by atoms with van der Waals surface area (Å²) in [4.78, 5) is 30.8. The van der Waals surface area contributed by atoms with Crippen molar-refractivity contribution in [2.24, 2.45) is 0 Å². The van der Waals surface area contributed by atoms with E-state index in [9.17, 15) is 9.59 Å². The lowest BCUT2D eigenvalue weighted by atomic mass is 10.1. The van der Waals surface area contributed by atoms with Crippen LogP contribution in [0.1, 0.15) is 42.6 Å². The van der Waals surface area contributed by atoms with Crippen LogP contribution in [0.2, 0.25) is 0 Å². The summed E-state index contributed by atoms with van der Waals surface area (Å²) in [5, 5.41) is 6.06. The number of unbranched alkanes of at least 4 members (excludes halogenated alkanes) is 1. The minimum absolute atomic E-state index is 0.00340. The third-order valence-corrected chi connectivity index (χ3v) is 7.81. The monoisotopic (exact) mass is 411 g/mol. The summed E-state index contributed by atoms with van der Waals surface area (Å²) in [7, 11) is 5.28. The number of hydrogen-bond acceptors (Lipinski definition) is 7. The number of anilines is 1. The molecule has 0 spiro atoms. The summed E-state index contributed by atoms with van der Waals surface area (Å²) >= 11 is 1.38. The van der Waals surface area contributed by atoms with Gasteiger partial charge in [-0.05, 0) is 25.3 Å². The van der Waals surface area contributed by atoms with Gasteiger partial charge in [-0.25, -0.2) is 9.78 Å². The first-order chi connectivity index (χ1) is 12.7. The average Bonchev–Trinajstić information content (AvgIpc) is 3.38. The number of ether oxygens (including phenoxy) is 1. The van der Waals surface area contributed by atoms with Crippen molar-refractivity contribution in [2.45, 2.75) is 37.4 Å². The highest BCUT2D eigenvalue weighted by molar-refractivity contribution is 8.77. The van der Waals surface area contributed by atoms with E-state index in [4.69, 9.17) is 0 Å². The van der Waals surface area contributed by atoms with Crippen LogP contribution in [0.4, 0.5) is 5.13 Å². The van der Waals surface area contributed by atoms with Crippen LogP contribution in [0, 0.1) is 0 Å². The fourth-order valence-corrected chi connectivity index (χ4v) is 6.40. The second-order valence-corrected chi connectivity index (χ2v) is 9.60. The van der Waals surface area contributed by atoms with Crippen molar-refractivity contribution in [3.05, 3.63) is 23.3 Å². The molecule has 0 aliphatic carbocycles. The molecule has 1 atom stereocenters. The first kappa shape index (κ1) is 19.3.